The van der Waals surface area contributed by atoms with E-state index in [1.807, 2.05) is 0 Å². The summed E-state index contributed by atoms with van der Waals surface area (Å²) in [4.78, 5) is 16.5. The van der Waals surface area contributed by atoms with Crippen LogP contribution in [-0.2, 0) is 10.0 Å². The largest absolute Gasteiger partial charge is 0.322 e. The number of hydrogen-bond acceptors (Lipinski definition) is 4. The first-order valence-corrected chi connectivity index (χ1v) is 10.7. The van der Waals surface area contributed by atoms with Gasteiger partial charge in [-0.25, -0.2) is 13.4 Å². The first-order chi connectivity index (χ1) is 12.9. The molecule has 6 nitrogen and oxygen atoms in total. The lowest BCUT2D eigenvalue weighted by Crippen LogP contribution is -2.32. The Balaban J connectivity index is 1.88. The molecule has 144 valence electrons. The molecule has 1 aromatic heterocycles. The van der Waals surface area contributed by atoms with Gasteiger partial charge in [-0.2, -0.15) is 4.31 Å². The highest BCUT2D eigenvalue weighted by Gasteiger charge is 2.27. The number of nitrogens with one attached hydrogen (secondary N) is 1. The number of carbonyl (C=O) groups excluding carboxylic acids is 1. The molecular weight excluding hydrogens is 386 g/mol. The number of rotatable bonds is 4. The molecule has 0 atom stereocenters. The molecular formula is C19H22ClN3O3S. The number of aryl methyl sites for hydroxylation is 1. The van der Waals surface area contributed by atoms with E-state index in [4.69, 9.17) is 11.6 Å². The fraction of sp³-hybridized carbons (Fsp3) is 0.368. The molecule has 1 amide bonds. The molecule has 2 aromatic rings. The summed E-state index contributed by atoms with van der Waals surface area (Å²) in [6.07, 6.45) is 5.33. The Morgan fingerprint density at radius 2 is 1.85 bits per heavy atom. The molecule has 1 saturated heterocycles. The number of hydrogen-bond donors (Lipinski definition) is 1. The monoisotopic (exact) mass is 407 g/mol. The lowest BCUT2D eigenvalue weighted by molar-refractivity contribution is 0.102. The number of sulfonamides is 1. The third-order valence-electron chi connectivity index (χ3n) is 4.63. The zero-order valence-corrected chi connectivity index (χ0v) is 16.7. The number of halogens is 1. The Hall–Kier alpha value is -1.96. The highest BCUT2D eigenvalue weighted by molar-refractivity contribution is 7.89. The molecule has 0 unspecified atom stereocenters. The number of aromatic nitrogens is 1. The normalized spacial score (nSPS) is 15.9. The molecule has 1 aliphatic rings. The third-order valence-corrected chi connectivity index (χ3v) is 6.97. The van der Waals surface area contributed by atoms with Crippen molar-refractivity contribution in [1.29, 1.82) is 0 Å². The van der Waals surface area contributed by atoms with Gasteiger partial charge in [0.2, 0.25) is 10.0 Å². The minimum absolute atomic E-state index is 0.0968. The van der Waals surface area contributed by atoms with Crippen LogP contribution < -0.4 is 5.32 Å². The smallest absolute Gasteiger partial charge is 0.258 e. The van der Waals surface area contributed by atoms with Crippen LogP contribution in [0.25, 0.3) is 0 Å². The third kappa shape index (κ3) is 4.48. The molecule has 0 radical (unpaired) electrons. The van der Waals surface area contributed by atoms with E-state index < -0.39 is 15.9 Å². The summed E-state index contributed by atoms with van der Waals surface area (Å²) in [5.74, 6) is -0.435. The average Bonchev–Trinajstić information content (AvgIpc) is 2.93. The van der Waals surface area contributed by atoms with Crippen molar-refractivity contribution in [2.45, 2.75) is 37.5 Å². The van der Waals surface area contributed by atoms with Gasteiger partial charge >= 0.3 is 0 Å². The fourth-order valence-corrected chi connectivity index (χ4v) is 5.10. The van der Waals surface area contributed by atoms with Crippen molar-refractivity contribution in [1.82, 2.24) is 9.29 Å². The minimum atomic E-state index is -3.60. The summed E-state index contributed by atoms with van der Waals surface area (Å²) >= 11 is 5.96. The van der Waals surface area contributed by atoms with Crippen molar-refractivity contribution < 1.29 is 13.2 Å². The van der Waals surface area contributed by atoms with E-state index in [-0.39, 0.29) is 15.6 Å². The average molecular weight is 408 g/mol. The second-order valence-corrected chi connectivity index (χ2v) is 8.86. The van der Waals surface area contributed by atoms with Crippen LogP contribution in [-0.4, -0.2) is 36.7 Å². The van der Waals surface area contributed by atoms with Crippen molar-refractivity contribution >= 4 is 33.2 Å². The van der Waals surface area contributed by atoms with Gasteiger partial charge in [0.05, 0.1) is 10.5 Å². The molecule has 1 aromatic carbocycles. The lowest BCUT2D eigenvalue weighted by Gasteiger charge is -2.21. The van der Waals surface area contributed by atoms with Gasteiger partial charge in [-0.1, -0.05) is 30.5 Å². The Morgan fingerprint density at radius 1 is 1.15 bits per heavy atom. The molecule has 0 saturated carbocycles. The molecule has 1 fully saturated rings. The van der Waals surface area contributed by atoms with Gasteiger partial charge in [-0.15, -0.1) is 0 Å². The van der Waals surface area contributed by atoms with Gasteiger partial charge in [-0.3, -0.25) is 4.79 Å². The summed E-state index contributed by atoms with van der Waals surface area (Å²) < 4.78 is 27.8. The van der Waals surface area contributed by atoms with Crippen LogP contribution >= 0.6 is 11.6 Å². The summed E-state index contributed by atoms with van der Waals surface area (Å²) in [5.41, 5.74) is 1.28. The predicted octanol–water partition coefficient (Wildman–Crippen LogP) is 3.86. The van der Waals surface area contributed by atoms with Crippen LogP contribution in [0.2, 0.25) is 5.15 Å². The molecule has 1 aliphatic heterocycles. The van der Waals surface area contributed by atoms with Gasteiger partial charge in [0.25, 0.3) is 5.91 Å². The van der Waals surface area contributed by atoms with Gasteiger partial charge in [-0.05, 0) is 49.6 Å². The number of nitrogens with zero attached hydrogens (tertiary/aromatic N) is 2. The number of anilines is 1. The van der Waals surface area contributed by atoms with Crippen molar-refractivity contribution in [3.63, 3.8) is 0 Å². The predicted molar refractivity (Wildman–Crippen MR) is 106 cm³/mol. The molecule has 0 aliphatic carbocycles. The Bertz CT molecular complexity index is 939. The van der Waals surface area contributed by atoms with Crippen LogP contribution in [0.4, 0.5) is 5.69 Å². The van der Waals surface area contributed by atoms with Crippen molar-refractivity contribution in [2.24, 2.45) is 0 Å². The maximum atomic E-state index is 13.1. The van der Waals surface area contributed by atoms with Crippen LogP contribution in [0.5, 0.6) is 0 Å². The van der Waals surface area contributed by atoms with Gasteiger partial charge in [0.1, 0.15) is 5.15 Å². The molecule has 8 heteroatoms. The molecule has 2 heterocycles. The van der Waals surface area contributed by atoms with Gasteiger partial charge in [0, 0.05) is 25.0 Å². The Labute approximate surface area is 164 Å². The van der Waals surface area contributed by atoms with E-state index in [1.54, 1.807) is 35.5 Å². The van der Waals surface area contributed by atoms with Crippen molar-refractivity contribution in [3.8, 4) is 0 Å². The van der Waals surface area contributed by atoms with Crippen LogP contribution in [0, 0.1) is 6.92 Å². The van der Waals surface area contributed by atoms with Crippen LogP contribution in [0.15, 0.2) is 41.4 Å². The SMILES string of the molecule is Cc1ccc(NC(=O)c2cccnc2Cl)cc1S(=O)(=O)N1CCCCCC1. The molecule has 1 N–H and O–H groups in total. The van der Waals surface area contributed by atoms with E-state index in [2.05, 4.69) is 10.3 Å². The number of pyridine rings is 1. The second kappa shape index (κ2) is 8.37. The van der Waals surface area contributed by atoms with E-state index in [1.165, 1.54) is 12.3 Å². The number of carbonyl (C=O) groups is 1. The molecule has 27 heavy (non-hydrogen) atoms. The van der Waals surface area contributed by atoms with Crippen molar-refractivity contribution in [2.75, 3.05) is 18.4 Å². The zero-order valence-electron chi connectivity index (χ0n) is 15.1. The second-order valence-electron chi connectivity index (χ2n) is 6.59. The lowest BCUT2D eigenvalue weighted by atomic mass is 10.2. The summed E-state index contributed by atoms with van der Waals surface area (Å²) in [6.45, 7) is 2.82. The molecule has 0 bridgehead atoms. The van der Waals surface area contributed by atoms with E-state index >= 15 is 0 Å². The maximum Gasteiger partial charge on any atom is 0.258 e. The number of benzene rings is 1. The van der Waals surface area contributed by atoms with E-state index in [0.717, 1.165) is 25.7 Å². The molecule has 3 rings (SSSR count). The summed E-state index contributed by atoms with van der Waals surface area (Å²) in [5, 5.41) is 2.80. The van der Waals surface area contributed by atoms with Gasteiger partial charge < -0.3 is 5.32 Å². The standard InChI is InChI=1S/C19H22ClN3O3S/c1-14-8-9-15(22-19(24)16-7-6-10-21-18(16)20)13-17(14)27(25,26)23-11-4-2-3-5-12-23/h6-10,13H,2-5,11-12H2,1H3,(H,22,24). The summed E-state index contributed by atoms with van der Waals surface area (Å²) in [7, 11) is -3.60. The van der Waals surface area contributed by atoms with E-state index in [9.17, 15) is 13.2 Å². The van der Waals surface area contributed by atoms with Crippen LogP contribution in [0.1, 0.15) is 41.6 Å². The maximum absolute atomic E-state index is 13.1. The van der Waals surface area contributed by atoms with Crippen molar-refractivity contribution in [3.05, 3.63) is 52.8 Å². The topological polar surface area (TPSA) is 79.4 Å². The quantitative estimate of drug-likeness (QED) is 0.780. The Kier molecular flexibility index (Phi) is 6.14. The minimum Gasteiger partial charge on any atom is -0.322 e. The number of amides is 1. The first-order valence-electron chi connectivity index (χ1n) is 8.92. The van der Waals surface area contributed by atoms with Crippen LogP contribution in [0.3, 0.4) is 0 Å². The zero-order chi connectivity index (χ0) is 19.4. The first kappa shape index (κ1) is 19.8. The Morgan fingerprint density at radius 3 is 2.52 bits per heavy atom. The molecule has 0 spiro atoms. The summed E-state index contributed by atoms with van der Waals surface area (Å²) in [6, 6.07) is 8.07. The highest BCUT2D eigenvalue weighted by atomic mass is 35.5. The van der Waals surface area contributed by atoms with E-state index in [0.29, 0.717) is 24.3 Å². The highest BCUT2D eigenvalue weighted by Crippen LogP contribution is 2.26. The fourth-order valence-electron chi connectivity index (χ4n) is 3.13. The van der Waals surface area contributed by atoms with Gasteiger partial charge in [0.15, 0.2) is 0 Å².